The lowest BCUT2D eigenvalue weighted by molar-refractivity contribution is -0.136. The second-order valence-electron chi connectivity index (χ2n) is 3.38. The van der Waals surface area contributed by atoms with Crippen LogP contribution in [0.2, 0.25) is 5.02 Å². The molecule has 1 amide bonds. The lowest BCUT2D eigenvalue weighted by Gasteiger charge is -2.06. The van der Waals surface area contributed by atoms with E-state index in [4.69, 9.17) is 16.7 Å². The van der Waals surface area contributed by atoms with Gasteiger partial charge in [0.05, 0.1) is 17.0 Å². The van der Waals surface area contributed by atoms with Gasteiger partial charge in [-0.05, 0) is 19.1 Å². The summed E-state index contributed by atoms with van der Waals surface area (Å²) in [5, 5.41) is 11.3. The highest BCUT2D eigenvalue weighted by Gasteiger charge is 2.10. The van der Waals surface area contributed by atoms with E-state index in [2.05, 4.69) is 5.32 Å². The Morgan fingerprint density at radius 3 is 2.75 bits per heavy atom. The van der Waals surface area contributed by atoms with Gasteiger partial charge in [-0.3, -0.25) is 9.59 Å². The first-order valence-corrected chi connectivity index (χ1v) is 5.14. The summed E-state index contributed by atoms with van der Waals surface area (Å²) in [4.78, 5) is 21.9. The van der Waals surface area contributed by atoms with Crippen LogP contribution < -0.4 is 5.32 Å². The minimum Gasteiger partial charge on any atom is -0.481 e. The Hall–Kier alpha value is -1.55. The number of rotatable bonds is 4. The van der Waals surface area contributed by atoms with Crippen molar-refractivity contribution in [3.63, 3.8) is 0 Å². The quantitative estimate of drug-likeness (QED) is 0.846. The van der Waals surface area contributed by atoms with E-state index >= 15 is 0 Å². The van der Waals surface area contributed by atoms with Crippen molar-refractivity contribution in [1.82, 2.24) is 5.32 Å². The maximum Gasteiger partial charge on any atom is 0.305 e. The highest BCUT2D eigenvalue weighted by atomic mass is 35.5. The molecule has 86 valence electrons. The Bertz CT molecular complexity index is 418. The van der Waals surface area contributed by atoms with Gasteiger partial charge in [0.15, 0.2) is 0 Å². The van der Waals surface area contributed by atoms with Crippen LogP contribution in [0.5, 0.6) is 0 Å². The maximum atomic E-state index is 11.6. The lowest BCUT2D eigenvalue weighted by atomic mass is 10.1. The molecular formula is C11H12ClNO3. The normalized spacial score (nSPS) is 9.88. The van der Waals surface area contributed by atoms with Crippen molar-refractivity contribution >= 4 is 23.5 Å². The standard InChI is InChI=1S/C11H12ClNO3/c1-7-2-3-9(12)8(6-7)11(16)13-5-4-10(14)15/h2-3,6H,4-5H2,1H3,(H,13,16)(H,14,15). The van der Waals surface area contributed by atoms with Crippen LogP contribution in [-0.4, -0.2) is 23.5 Å². The molecule has 16 heavy (non-hydrogen) atoms. The second-order valence-corrected chi connectivity index (χ2v) is 3.79. The van der Waals surface area contributed by atoms with Crippen molar-refractivity contribution in [2.45, 2.75) is 13.3 Å². The van der Waals surface area contributed by atoms with Crippen LogP contribution in [0.4, 0.5) is 0 Å². The van der Waals surface area contributed by atoms with E-state index < -0.39 is 5.97 Å². The zero-order chi connectivity index (χ0) is 12.1. The second kappa shape index (κ2) is 5.51. The van der Waals surface area contributed by atoms with Gasteiger partial charge in [0.25, 0.3) is 5.91 Å². The Kier molecular flexibility index (Phi) is 4.31. The van der Waals surface area contributed by atoms with Crippen molar-refractivity contribution in [1.29, 1.82) is 0 Å². The summed E-state index contributed by atoms with van der Waals surface area (Å²) in [6.45, 7) is 1.95. The lowest BCUT2D eigenvalue weighted by Crippen LogP contribution is -2.26. The zero-order valence-electron chi connectivity index (χ0n) is 8.79. The molecule has 5 heteroatoms. The molecule has 1 rings (SSSR count). The van der Waals surface area contributed by atoms with Crippen LogP contribution in [0.1, 0.15) is 22.3 Å². The molecule has 0 saturated heterocycles. The summed E-state index contributed by atoms with van der Waals surface area (Å²) in [6, 6.07) is 5.11. The van der Waals surface area contributed by atoms with E-state index in [0.717, 1.165) is 5.56 Å². The molecule has 0 aliphatic carbocycles. The average molecular weight is 242 g/mol. The first-order valence-electron chi connectivity index (χ1n) is 4.77. The van der Waals surface area contributed by atoms with Gasteiger partial charge in [-0.25, -0.2) is 0 Å². The molecule has 0 bridgehead atoms. The minimum absolute atomic E-state index is 0.0957. The molecule has 1 aromatic rings. The molecule has 0 aliphatic rings. The molecule has 0 aromatic heterocycles. The molecule has 4 nitrogen and oxygen atoms in total. The summed E-state index contributed by atoms with van der Waals surface area (Å²) in [6.07, 6.45) is -0.102. The number of carbonyl (C=O) groups is 2. The molecule has 1 aromatic carbocycles. The van der Waals surface area contributed by atoms with Gasteiger partial charge < -0.3 is 10.4 Å². The monoisotopic (exact) mass is 241 g/mol. The van der Waals surface area contributed by atoms with Crippen LogP contribution in [0.3, 0.4) is 0 Å². The zero-order valence-corrected chi connectivity index (χ0v) is 9.54. The Labute approximate surface area is 98.2 Å². The Balaban J connectivity index is 2.65. The number of carboxylic acids is 1. The van der Waals surface area contributed by atoms with E-state index in [1.54, 1.807) is 18.2 Å². The number of aryl methyl sites for hydroxylation is 1. The van der Waals surface area contributed by atoms with E-state index in [-0.39, 0.29) is 18.9 Å². The highest BCUT2D eigenvalue weighted by molar-refractivity contribution is 6.33. The first-order chi connectivity index (χ1) is 7.50. The van der Waals surface area contributed by atoms with Crippen LogP contribution in [-0.2, 0) is 4.79 Å². The fraction of sp³-hybridized carbons (Fsp3) is 0.273. The number of benzene rings is 1. The molecular weight excluding hydrogens is 230 g/mol. The van der Waals surface area contributed by atoms with E-state index in [9.17, 15) is 9.59 Å². The molecule has 2 N–H and O–H groups in total. The molecule has 0 unspecified atom stereocenters. The van der Waals surface area contributed by atoms with Crippen molar-refractivity contribution in [3.8, 4) is 0 Å². The number of hydrogen-bond acceptors (Lipinski definition) is 2. The topological polar surface area (TPSA) is 66.4 Å². The molecule has 0 radical (unpaired) electrons. The van der Waals surface area contributed by atoms with Gasteiger partial charge in [-0.2, -0.15) is 0 Å². The van der Waals surface area contributed by atoms with E-state index in [1.165, 1.54) is 0 Å². The Morgan fingerprint density at radius 2 is 2.12 bits per heavy atom. The smallest absolute Gasteiger partial charge is 0.305 e. The third kappa shape index (κ3) is 3.55. The number of aliphatic carboxylic acids is 1. The Morgan fingerprint density at radius 1 is 1.44 bits per heavy atom. The summed E-state index contributed by atoms with van der Waals surface area (Å²) < 4.78 is 0. The number of hydrogen-bond donors (Lipinski definition) is 2. The van der Waals surface area contributed by atoms with Gasteiger partial charge in [0.1, 0.15) is 0 Å². The molecule has 0 atom stereocenters. The van der Waals surface area contributed by atoms with Crippen molar-refractivity contribution in [2.24, 2.45) is 0 Å². The number of amides is 1. The van der Waals surface area contributed by atoms with Crippen LogP contribution in [0, 0.1) is 6.92 Å². The van der Waals surface area contributed by atoms with Crippen LogP contribution in [0.15, 0.2) is 18.2 Å². The van der Waals surface area contributed by atoms with Gasteiger partial charge in [-0.15, -0.1) is 0 Å². The van der Waals surface area contributed by atoms with Gasteiger partial charge in [0.2, 0.25) is 0 Å². The molecule has 0 heterocycles. The summed E-state index contributed by atoms with van der Waals surface area (Å²) in [7, 11) is 0. The minimum atomic E-state index is -0.948. The van der Waals surface area contributed by atoms with Gasteiger partial charge in [0, 0.05) is 6.54 Å². The molecule has 0 aliphatic heterocycles. The van der Waals surface area contributed by atoms with Gasteiger partial charge in [-0.1, -0.05) is 23.2 Å². The molecule has 0 spiro atoms. The number of nitrogens with one attached hydrogen (secondary N) is 1. The first kappa shape index (κ1) is 12.5. The van der Waals surface area contributed by atoms with Crippen molar-refractivity contribution < 1.29 is 14.7 Å². The summed E-state index contributed by atoms with van der Waals surface area (Å²) >= 11 is 5.86. The van der Waals surface area contributed by atoms with Crippen LogP contribution in [0.25, 0.3) is 0 Å². The molecule has 0 saturated carbocycles. The van der Waals surface area contributed by atoms with E-state index in [1.807, 2.05) is 6.92 Å². The fourth-order valence-corrected chi connectivity index (χ4v) is 1.39. The number of halogens is 1. The molecule has 0 fully saturated rings. The number of carboxylic acid groups (broad SMARTS) is 1. The highest BCUT2D eigenvalue weighted by Crippen LogP contribution is 2.16. The maximum absolute atomic E-state index is 11.6. The summed E-state index contributed by atoms with van der Waals surface area (Å²) in [5.41, 5.74) is 1.29. The van der Waals surface area contributed by atoms with E-state index in [0.29, 0.717) is 10.6 Å². The van der Waals surface area contributed by atoms with Crippen molar-refractivity contribution in [3.05, 3.63) is 34.3 Å². The SMILES string of the molecule is Cc1ccc(Cl)c(C(=O)NCCC(=O)O)c1. The predicted molar refractivity (Wildman–Crippen MR) is 60.8 cm³/mol. The largest absolute Gasteiger partial charge is 0.481 e. The average Bonchev–Trinajstić information content (AvgIpc) is 2.21. The van der Waals surface area contributed by atoms with Gasteiger partial charge >= 0.3 is 5.97 Å². The fourth-order valence-electron chi connectivity index (χ4n) is 1.19. The third-order valence-corrected chi connectivity index (χ3v) is 2.32. The number of carbonyl (C=O) groups excluding carboxylic acids is 1. The predicted octanol–water partition coefficient (Wildman–Crippen LogP) is 1.85. The van der Waals surface area contributed by atoms with Crippen LogP contribution >= 0.6 is 11.6 Å². The van der Waals surface area contributed by atoms with Crippen molar-refractivity contribution in [2.75, 3.05) is 6.54 Å². The summed E-state index contributed by atoms with van der Waals surface area (Å²) in [5.74, 6) is -1.30. The third-order valence-electron chi connectivity index (χ3n) is 1.99.